The highest BCUT2D eigenvalue weighted by Gasteiger charge is 2.33. The van der Waals surface area contributed by atoms with Gasteiger partial charge in [-0.3, -0.25) is 0 Å². The van der Waals surface area contributed by atoms with Crippen LogP contribution in [0.3, 0.4) is 0 Å². The summed E-state index contributed by atoms with van der Waals surface area (Å²) in [5.74, 6) is 0.700. The molecule has 2 aromatic carbocycles. The standard InChI is InChI=1S/C20H23BrN2/c21-16-5-1-3-13(9-16)10-20-15-7-8-17(23-20)12-18-14(11-15)4-2-6-19(18)22/h1-6,9,15,17,20,23H,7-8,10-12,22H2/t15-,17+,20+/m1/s1. The van der Waals surface area contributed by atoms with Crippen LogP contribution in [-0.4, -0.2) is 12.1 Å². The molecule has 1 aliphatic carbocycles. The van der Waals surface area contributed by atoms with Gasteiger partial charge in [0.2, 0.25) is 0 Å². The predicted molar refractivity (Wildman–Crippen MR) is 99.5 cm³/mol. The quantitative estimate of drug-likeness (QED) is 0.780. The first-order valence-electron chi connectivity index (χ1n) is 8.56. The summed E-state index contributed by atoms with van der Waals surface area (Å²) in [4.78, 5) is 0. The molecule has 0 unspecified atom stereocenters. The number of halogens is 1. The Kier molecular flexibility index (Phi) is 4.16. The summed E-state index contributed by atoms with van der Waals surface area (Å²) in [5, 5.41) is 3.92. The van der Waals surface area contributed by atoms with Gasteiger partial charge in [-0.2, -0.15) is 0 Å². The number of hydrogen-bond donors (Lipinski definition) is 2. The van der Waals surface area contributed by atoms with Crippen molar-refractivity contribution in [1.29, 1.82) is 0 Å². The molecule has 0 radical (unpaired) electrons. The van der Waals surface area contributed by atoms with Crippen LogP contribution in [0.4, 0.5) is 5.69 Å². The Bertz CT molecular complexity index is 713. The zero-order valence-corrected chi connectivity index (χ0v) is 14.9. The van der Waals surface area contributed by atoms with E-state index >= 15 is 0 Å². The number of rotatable bonds is 2. The molecule has 3 N–H and O–H groups in total. The first-order valence-corrected chi connectivity index (χ1v) is 9.35. The van der Waals surface area contributed by atoms with Crippen molar-refractivity contribution in [1.82, 2.24) is 5.32 Å². The highest BCUT2D eigenvalue weighted by atomic mass is 79.9. The highest BCUT2D eigenvalue weighted by Crippen LogP contribution is 2.34. The van der Waals surface area contributed by atoms with E-state index in [-0.39, 0.29) is 0 Å². The van der Waals surface area contributed by atoms with E-state index < -0.39 is 0 Å². The van der Waals surface area contributed by atoms with Gasteiger partial charge in [-0.1, -0.05) is 40.2 Å². The lowest BCUT2D eigenvalue weighted by molar-refractivity contribution is 0.217. The third kappa shape index (κ3) is 3.17. The van der Waals surface area contributed by atoms with E-state index in [1.807, 2.05) is 6.07 Å². The van der Waals surface area contributed by atoms with Gasteiger partial charge in [0, 0.05) is 22.2 Å². The Labute approximate surface area is 146 Å². The van der Waals surface area contributed by atoms with Crippen LogP contribution in [0.15, 0.2) is 46.9 Å². The van der Waals surface area contributed by atoms with E-state index in [2.05, 4.69) is 57.6 Å². The number of hydrogen-bond acceptors (Lipinski definition) is 2. The van der Waals surface area contributed by atoms with Gasteiger partial charge < -0.3 is 11.1 Å². The molecular formula is C20H23BrN2. The van der Waals surface area contributed by atoms with Gasteiger partial charge in [0.05, 0.1) is 0 Å². The van der Waals surface area contributed by atoms with Crippen molar-refractivity contribution < 1.29 is 0 Å². The SMILES string of the molecule is Nc1cccc2c1C[C@@H]1CC[C@H](C2)[C@H](Cc2cccc(Br)c2)N1. The predicted octanol–water partition coefficient (Wildman–Crippen LogP) is 4.11. The Morgan fingerprint density at radius 3 is 2.83 bits per heavy atom. The molecule has 2 heterocycles. The molecule has 2 nitrogen and oxygen atoms in total. The van der Waals surface area contributed by atoms with Crippen LogP contribution in [-0.2, 0) is 19.3 Å². The number of anilines is 1. The van der Waals surface area contributed by atoms with Crippen molar-refractivity contribution in [3.63, 3.8) is 0 Å². The molecule has 2 aromatic rings. The molecular weight excluding hydrogens is 348 g/mol. The van der Waals surface area contributed by atoms with Crippen LogP contribution in [0.5, 0.6) is 0 Å². The molecule has 1 fully saturated rings. The highest BCUT2D eigenvalue weighted by molar-refractivity contribution is 9.10. The number of nitrogen functional groups attached to an aromatic ring is 1. The number of benzene rings is 2. The zero-order valence-electron chi connectivity index (χ0n) is 13.3. The van der Waals surface area contributed by atoms with Gasteiger partial charge in [-0.15, -0.1) is 0 Å². The van der Waals surface area contributed by atoms with Gasteiger partial charge in [-0.25, -0.2) is 0 Å². The summed E-state index contributed by atoms with van der Waals surface area (Å²) in [7, 11) is 0. The summed E-state index contributed by atoms with van der Waals surface area (Å²) < 4.78 is 1.17. The van der Waals surface area contributed by atoms with Crippen LogP contribution in [0, 0.1) is 5.92 Å². The third-order valence-electron chi connectivity index (χ3n) is 5.49. The maximum atomic E-state index is 6.24. The molecule has 23 heavy (non-hydrogen) atoms. The Hall–Kier alpha value is -1.32. The summed E-state index contributed by atoms with van der Waals surface area (Å²) in [6.07, 6.45) is 5.93. The molecule has 0 amide bonds. The van der Waals surface area contributed by atoms with Gasteiger partial charge in [-0.05, 0) is 72.9 Å². The summed E-state index contributed by atoms with van der Waals surface area (Å²) in [5.41, 5.74) is 11.5. The maximum Gasteiger partial charge on any atom is 0.0349 e. The van der Waals surface area contributed by atoms with E-state index in [0.717, 1.165) is 24.9 Å². The average Bonchev–Trinajstić information content (AvgIpc) is 2.50. The molecule has 120 valence electrons. The summed E-state index contributed by atoms with van der Waals surface area (Å²) >= 11 is 3.59. The normalized spacial score (nSPS) is 26.4. The lowest BCUT2D eigenvalue weighted by Gasteiger charge is -2.41. The first kappa shape index (κ1) is 15.2. The maximum absolute atomic E-state index is 6.24. The number of nitrogens with one attached hydrogen (secondary N) is 1. The van der Waals surface area contributed by atoms with Crippen molar-refractivity contribution in [2.45, 2.75) is 44.2 Å². The van der Waals surface area contributed by atoms with Crippen LogP contribution in [0.25, 0.3) is 0 Å². The zero-order chi connectivity index (χ0) is 15.8. The van der Waals surface area contributed by atoms with Gasteiger partial charge in [0.15, 0.2) is 0 Å². The second-order valence-electron chi connectivity index (χ2n) is 7.03. The fourth-order valence-corrected chi connectivity index (χ4v) is 4.76. The lowest BCUT2D eigenvalue weighted by Crippen LogP contribution is -2.51. The fraction of sp³-hybridized carbons (Fsp3) is 0.400. The van der Waals surface area contributed by atoms with Crippen LogP contribution >= 0.6 is 15.9 Å². The Balaban J connectivity index is 1.60. The minimum Gasteiger partial charge on any atom is -0.398 e. The minimum atomic E-state index is 0.562. The van der Waals surface area contributed by atoms with Crippen LogP contribution in [0.2, 0.25) is 0 Å². The van der Waals surface area contributed by atoms with Crippen molar-refractivity contribution >= 4 is 21.6 Å². The van der Waals surface area contributed by atoms with Crippen molar-refractivity contribution in [2.24, 2.45) is 5.92 Å². The number of piperidine rings is 1. The molecule has 0 spiro atoms. The number of fused-ring (bicyclic) bond motifs is 2. The smallest absolute Gasteiger partial charge is 0.0349 e. The monoisotopic (exact) mass is 370 g/mol. The topological polar surface area (TPSA) is 38.0 Å². The molecule has 0 aromatic heterocycles. The molecule has 3 heteroatoms. The first-order chi connectivity index (χ1) is 11.2. The molecule has 0 saturated carbocycles. The third-order valence-corrected chi connectivity index (χ3v) is 5.98. The van der Waals surface area contributed by atoms with E-state index in [0.29, 0.717) is 18.0 Å². The average molecular weight is 371 g/mol. The van der Waals surface area contributed by atoms with Gasteiger partial charge >= 0.3 is 0 Å². The second-order valence-corrected chi connectivity index (χ2v) is 7.95. The Morgan fingerprint density at radius 2 is 1.96 bits per heavy atom. The molecule has 2 bridgehead atoms. The molecule has 1 saturated heterocycles. The molecule has 2 aliphatic heterocycles. The summed E-state index contributed by atoms with van der Waals surface area (Å²) in [6.45, 7) is 0. The van der Waals surface area contributed by atoms with E-state index in [1.54, 1.807) is 0 Å². The number of nitrogens with two attached hydrogens (primary N) is 1. The largest absolute Gasteiger partial charge is 0.398 e. The van der Waals surface area contributed by atoms with Crippen LogP contribution < -0.4 is 11.1 Å². The molecule has 5 rings (SSSR count). The van der Waals surface area contributed by atoms with E-state index in [1.165, 1.54) is 34.0 Å². The van der Waals surface area contributed by atoms with Gasteiger partial charge in [0.1, 0.15) is 0 Å². The summed E-state index contributed by atoms with van der Waals surface area (Å²) in [6, 6.07) is 16.3. The van der Waals surface area contributed by atoms with Crippen molar-refractivity contribution in [3.05, 3.63) is 63.6 Å². The molecule has 3 aliphatic rings. The van der Waals surface area contributed by atoms with Crippen LogP contribution in [0.1, 0.15) is 29.5 Å². The van der Waals surface area contributed by atoms with Crippen molar-refractivity contribution in [2.75, 3.05) is 5.73 Å². The van der Waals surface area contributed by atoms with Gasteiger partial charge in [0.25, 0.3) is 0 Å². The fourth-order valence-electron chi connectivity index (χ4n) is 4.31. The van der Waals surface area contributed by atoms with Crippen molar-refractivity contribution in [3.8, 4) is 0 Å². The lowest BCUT2D eigenvalue weighted by atomic mass is 9.75. The Morgan fingerprint density at radius 1 is 1.09 bits per heavy atom. The van der Waals surface area contributed by atoms with E-state index in [9.17, 15) is 0 Å². The minimum absolute atomic E-state index is 0.562. The van der Waals surface area contributed by atoms with E-state index in [4.69, 9.17) is 5.73 Å². The molecule has 3 atom stereocenters. The second kappa shape index (κ2) is 6.29.